The van der Waals surface area contributed by atoms with Crippen molar-refractivity contribution in [2.45, 2.75) is 0 Å². The van der Waals surface area contributed by atoms with Crippen LogP contribution in [-0.2, 0) is 0 Å². The standard InChI is InChI=1S/C13H7BrCl2FNO/c14-7-4-5-8(15)11(6-7)18-13(19)12-9(16)2-1-3-10(12)17/h1-6H,(H,18,19). The van der Waals surface area contributed by atoms with E-state index in [0.29, 0.717) is 10.7 Å². The van der Waals surface area contributed by atoms with E-state index >= 15 is 0 Å². The maximum atomic E-state index is 13.6. The summed E-state index contributed by atoms with van der Waals surface area (Å²) in [5.74, 6) is -1.33. The number of benzene rings is 2. The van der Waals surface area contributed by atoms with Crippen LogP contribution in [0.2, 0.25) is 10.0 Å². The maximum Gasteiger partial charge on any atom is 0.260 e. The Balaban J connectivity index is 2.34. The average Bonchev–Trinajstić information content (AvgIpc) is 2.33. The molecule has 0 aliphatic heterocycles. The summed E-state index contributed by atoms with van der Waals surface area (Å²) in [6.45, 7) is 0. The first-order valence-corrected chi connectivity index (χ1v) is 6.74. The molecule has 0 atom stereocenters. The van der Waals surface area contributed by atoms with Crippen LogP contribution >= 0.6 is 39.1 Å². The molecule has 0 aromatic heterocycles. The van der Waals surface area contributed by atoms with Crippen LogP contribution in [0.3, 0.4) is 0 Å². The number of amides is 1. The molecule has 0 spiro atoms. The smallest absolute Gasteiger partial charge is 0.260 e. The Morgan fingerprint density at radius 2 is 1.89 bits per heavy atom. The third-order valence-electron chi connectivity index (χ3n) is 2.37. The average molecular weight is 363 g/mol. The Labute approximate surface area is 127 Å². The first kappa shape index (κ1) is 14.3. The van der Waals surface area contributed by atoms with Crippen molar-refractivity contribution in [3.8, 4) is 0 Å². The predicted molar refractivity (Wildman–Crippen MR) is 78.5 cm³/mol. The molecule has 0 fully saturated rings. The molecule has 6 heteroatoms. The second-order valence-electron chi connectivity index (χ2n) is 3.67. The highest BCUT2D eigenvalue weighted by atomic mass is 79.9. The molecular formula is C13H7BrCl2FNO. The van der Waals surface area contributed by atoms with Crippen LogP contribution < -0.4 is 5.32 Å². The van der Waals surface area contributed by atoms with E-state index in [2.05, 4.69) is 21.2 Å². The third kappa shape index (κ3) is 3.26. The van der Waals surface area contributed by atoms with E-state index < -0.39 is 11.7 Å². The van der Waals surface area contributed by atoms with E-state index in [1.165, 1.54) is 18.2 Å². The first-order chi connectivity index (χ1) is 8.99. The van der Waals surface area contributed by atoms with Crippen LogP contribution in [0.4, 0.5) is 10.1 Å². The second kappa shape index (κ2) is 5.90. The van der Waals surface area contributed by atoms with Crippen LogP contribution in [0, 0.1) is 5.82 Å². The van der Waals surface area contributed by atoms with Crippen molar-refractivity contribution in [3.63, 3.8) is 0 Å². The van der Waals surface area contributed by atoms with Gasteiger partial charge in [0.05, 0.1) is 21.3 Å². The number of halogens is 4. The van der Waals surface area contributed by atoms with Crippen molar-refractivity contribution < 1.29 is 9.18 Å². The molecule has 98 valence electrons. The lowest BCUT2D eigenvalue weighted by atomic mass is 10.2. The molecule has 0 unspecified atom stereocenters. The van der Waals surface area contributed by atoms with Gasteiger partial charge in [-0.15, -0.1) is 0 Å². The van der Waals surface area contributed by atoms with E-state index in [4.69, 9.17) is 23.2 Å². The highest BCUT2D eigenvalue weighted by molar-refractivity contribution is 9.10. The second-order valence-corrected chi connectivity index (χ2v) is 5.41. The molecule has 2 aromatic rings. The van der Waals surface area contributed by atoms with Crippen LogP contribution in [0.1, 0.15) is 10.4 Å². The summed E-state index contributed by atoms with van der Waals surface area (Å²) in [6, 6.07) is 9.01. The zero-order valence-electron chi connectivity index (χ0n) is 9.38. The maximum absolute atomic E-state index is 13.6. The Morgan fingerprint density at radius 1 is 1.16 bits per heavy atom. The molecule has 2 nitrogen and oxygen atoms in total. The Hall–Kier alpha value is -1.10. The molecule has 1 N–H and O–H groups in total. The number of hydrogen-bond donors (Lipinski definition) is 1. The largest absolute Gasteiger partial charge is 0.320 e. The fourth-order valence-electron chi connectivity index (χ4n) is 1.49. The third-order valence-corrected chi connectivity index (χ3v) is 3.50. The number of rotatable bonds is 2. The molecule has 0 radical (unpaired) electrons. The van der Waals surface area contributed by atoms with Crippen LogP contribution in [-0.4, -0.2) is 5.91 Å². The lowest BCUT2D eigenvalue weighted by Gasteiger charge is -2.09. The molecule has 0 bridgehead atoms. The summed E-state index contributed by atoms with van der Waals surface area (Å²) in [7, 11) is 0. The molecule has 2 rings (SSSR count). The van der Waals surface area contributed by atoms with E-state index in [-0.39, 0.29) is 10.6 Å². The fourth-order valence-corrected chi connectivity index (χ4v) is 2.27. The molecule has 1 amide bonds. The summed E-state index contributed by atoms with van der Waals surface area (Å²) in [5, 5.41) is 2.92. The van der Waals surface area contributed by atoms with Gasteiger partial charge in [-0.3, -0.25) is 4.79 Å². The van der Waals surface area contributed by atoms with Gasteiger partial charge in [-0.05, 0) is 30.3 Å². The van der Waals surface area contributed by atoms with Gasteiger partial charge in [0.2, 0.25) is 0 Å². The van der Waals surface area contributed by atoms with Crippen LogP contribution in [0.5, 0.6) is 0 Å². The number of anilines is 1. The summed E-state index contributed by atoms with van der Waals surface area (Å²) in [6.07, 6.45) is 0. The van der Waals surface area contributed by atoms with Crippen molar-refractivity contribution in [1.29, 1.82) is 0 Å². The fraction of sp³-hybridized carbons (Fsp3) is 0. The van der Waals surface area contributed by atoms with Crippen molar-refractivity contribution in [2.75, 3.05) is 5.32 Å². The number of carbonyl (C=O) groups excluding carboxylic acids is 1. The van der Waals surface area contributed by atoms with Gasteiger partial charge in [-0.25, -0.2) is 4.39 Å². The predicted octanol–water partition coefficient (Wildman–Crippen LogP) is 5.15. The quantitative estimate of drug-likeness (QED) is 0.786. The molecule has 0 heterocycles. The Bertz CT molecular complexity index is 628. The van der Waals surface area contributed by atoms with Gasteiger partial charge < -0.3 is 5.32 Å². The van der Waals surface area contributed by atoms with Gasteiger partial charge in [0, 0.05) is 4.47 Å². The minimum atomic E-state index is -0.684. The summed E-state index contributed by atoms with van der Waals surface area (Å²) >= 11 is 15.0. The van der Waals surface area contributed by atoms with Crippen LogP contribution in [0.15, 0.2) is 40.9 Å². The van der Waals surface area contributed by atoms with E-state index in [0.717, 1.165) is 4.47 Å². The van der Waals surface area contributed by atoms with Gasteiger partial charge >= 0.3 is 0 Å². The number of nitrogens with one attached hydrogen (secondary N) is 1. The van der Waals surface area contributed by atoms with E-state index in [1.807, 2.05) is 0 Å². The van der Waals surface area contributed by atoms with E-state index in [9.17, 15) is 9.18 Å². The lowest BCUT2D eigenvalue weighted by molar-refractivity contribution is 0.102. The molecule has 0 aliphatic carbocycles. The lowest BCUT2D eigenvalue weighted by Crippen LogP contribution is -2.14. The number of hydrogen-bond acceptors (Lipinski definition) is 1. The highest BCUT2D eigenvalue weighted by Gasteiger charge is 2.16. The molecular weight excluding hydrogens is 356 g/mol. The summed E-state index contributed by atoms with van der Waals surface area (Å²) in [5.41, 5.74) is 0.167. The van der Waals surface area contributed by atoms with Crippen molar-refractivity contribution in [1.82, 2.24) is 0 Å². The molecule has 0 saturated carbocycles. The van der Waals surface area contributed by atoms with Crippen molar-refractivity contribution in [2.24, 2.45) is 0 Å². The van der Waals surface area contributed by atoms with Gasteiger partial charge in [-0.2, -0.15) is 0 Å². The molecule has 2 aromatic carbocycles. The van der Waals surface area contributed by atoms with Gasteiger partial charge in [-0.1, -0.05) is 45.2 Å². The van der Waals surface area contributed by atoms with Crippen molar-refractivity contribution in [3.05, 3.63) is 62.3 Å². The molecule has 0 aliphatic rings. The zero-order chi connectivity index (χ0) is 14.0. The zero-order valence-corrected chi connectivity index (χ0v) is 12.5. The minimum absolute atomic E-state index is 0.0450. The number of carbonyl (C=O) groups is 1. The minimum Gasteiger partial charge on any atom is -0.320 e. The highest BCUT2D eigenvalue weighted by Crippen LogP contribution is 2.27. The van der Waals surface area contributed by atoms with E-state index in [1.54, 1.807) is 18.2 Å². The van der Waals surface area contributed by atoms with Gasteiger partial charge in [0.15, 0.2) is 0 Å². The topological polar surface area (TPSA) is 29.1 Å². The Morgan fingerprint density at radius 3 is 2.58 bits per heavy atom. The summed E-state index contributed by atoms with van der Waals surface area (Å²) in [4.78, 5) is 12.0. The first-order valence-electron chi connectivity index (χ1n) is 5.19. The Kier molecular flexibility index (Phi) is 4.45. The molecule has 19 heavy (non-hydrogen) atoms. The molecule has 0 saturated heterocycles. The van der Waals surface area contributed by atoms with Gasteiger partial charge in [0.25, 0.3) is 5.91 Å². The SMILES string of the molecule is O=C(Nc1cc(Br)ccc1Cl)c1c(F)cccc1Cl. The summed E-state index contributed by atoms with van der Waals surface area (Å²) < 4.78 is 14.3. The normalized spacial score (nSPS) is 10.3. The van der Waals surface area contributed by atoms with Crippen molar-refractivity contribution >= 4 is 50.7 Å². The van der Waals surface area contributed by atoms with Crippen LogP contribution in [0.25, 0.3) is 0 Å². The van der Waals surface area contributed by atoms with Gasteiger partial charge in [0.1, 0.15) is 5.82 Å². The monoisotopic (exact) mass is 361 g/mol.